The molecule has 2 atom stereocenters. The molecule has 0 fully saturated rings. The lowest BCUT2D eigenvalue weighted by Gasteiger charge is -2.32. The molecule has 1 aliphatic rings. The van der Waals surface area contributed by atoms with Gasteiger partial charge in [0.15, 0.2) is 0 Å². The summed E-state index contributed by atoms with van der Waals surface area (Å²) in [6.45, 7) is 4.43. The minimum atomic E-state index is 0.637. The van der Waals surface area contributed by atoms with E-state index in [1.165, 1.54) is 11.3 Å². The van der Waals surface area contributed by atoms with E-state index in [-0.39, 0.29) is 0 Å². The van der Waals surface area contributed by atoms with Crippen LogP contribution in [-0.2, 0) is 0 Å². The van der Waals surface area contributed by atoms with Crippen LogP contribution in [0.2, 0.25) is 0 Å². The Morgan fingerprint density at radius 3 is 2.80 bits per heavy atom. The predicted octanol–water partition coefficient (Wildman–Crippen LogP) is 1.70. The summed E-state index contributed by atoms with van der Waals surface area (Å²) >= 11 is 0. The Kier molecular flexibility index (Phi) is 1.04. The molecule has 0 N–H and O–H groups in total. The second kappa shape index (κ2) is 1.78. The zero-order valence-electron chi connectivity index (χ0n) is 6.20. The van der Waals surface area contributed by atoms with Crippen molar-refractivity contribution in [2.75, 3.05) is 0 Å². The van der Waals surface area contributed by atoms with Gasteiger partial charge in [0, 0.05) is 12.1 Å². The normalized spacial score (nSPS) is 29.0. The van der Waals surface area contributed by atoms with Crippen LogP contribution in [0.4, 0.5) is 0 Å². The largest absolute Gasteiger partial charge is 0.245 e. The molecule has 0 saturated carbocycles. The van der Waals surface area contributed by atoms with E-state index in [0.29, 0.717) is 11.8 Å². The fourth-order valence-electron chi connectivity index (χ4n) is 1.49. The first-order chi connectivity index (χ1) is 4.80. The van der Waals surface area contributed by atoms with Crippen molar-refractivity contribution >= 4 is 0 Å². The minimum Gasteiger partial charge on any atom is -0.245 e. The summed E-state index contributed by atoms with van der Waals surface area (Å²) in [6, 6.07) is 0. The second-order valence-corrected chi connectivity index (χ2v) is 2.94. The Hall–Kier alpha value is -0.920. The van der Waals surface area contributed by atoms with Gasteiger partial charge in [-0.3, -0.25) is 0 Å². The highest BCUT2D eigenvalue weighted by atomic mass is 14.8. The van der Waals surface area contributed by atoms with Gasteiger partial charge in [0.25, 0.3) is 0 Å². The fraction of sp³-hybridized carbons (Fsp3) is 0.500. The molecule has 0 saturated heterocycles. The van der Waals surface area contributed by atoms with Crippen LogP contribution in [0.5, 0.6) is 0 Å². The van der Waals surface area contributed by atoms with Gasteiger partial charge in [0.2, 0.25) is 0 Å². The lowest BCUT2D eigenvalue weighted by molar-refractivity contribution is 0.516. The van der Waals surface area contributed by atoms with Crippen LogP contribution < -0.4 is 0 Å². The Labute approximate surface area is 60.3 Å². The van der Waals surface area contributed by atoms with Crippen molar-refractivity contribution in [1.82, 2.24) is 9.97 Å². The van der Waals surface area contributed by atoms with E-state index >= 15 is 0 Å². The van der Waals surface area contributed by atoms with Crippen LogP contribution >= 0.6 is 0 Å². The minimum absolute atomic E-state index is 0.637. The molecule has 0 spiro atoms. The van der Waals surface area contributed by atoms with Crippen molar-refractivity contribution in [2.24, 2.45) is 0 Å². The van der Waals surface area contributed by atoms with Gasteiger partial charge in [0.05, 0.1) is 5.69 Å². The molecule has 0 amide bonds. The van der Waals surface area contributed by atoms with Gasteiger partial charge in [-0.1, -0.05) is 13.8 Å². The van der Waals surface area contributed by atoms with E-state index < -0.39 is 0 Å². The molecule has 1 heterocycles. The summed E-state index contributed by atoms with van der Waals surface area (Å²) < 4.78 is 0. The SMILES string of the molecule is CC1c2cncnc2C1C. The summed E-state index contributed by atoms with van der Waals surface area (Å²) in [5, 5.41) is 0. The van der Waals surface area contributed by atoms with Gasteiger partial charge in [-0.2, -0.15) is 0 Å². The van der Waals surface area contributed by atoms with Crippen LogP contribution in [0.3, 0.4) is 0 Å². The number of hydrogen-bond donors (Lipinski definition) is 0. The number of fused-ring (bicyclic) bond motifs is 1. The molecule has 0 radical (unpaired) electrons. The highest BCUT2D eigenvalue weighted by Crippen LogP contribution is 2.43. The third kappa shape index (κ3) is 0.537. The summed E-state index contributed by atoms with van der Waals surface area (Å²) in [6.07, 6.45) is 3.55. The molecule has 1 aliphatic carbocycles. The van der Waals surface area contributed by atoms with Crippen molar-refractivity contribution in [3.63, 3.8) is 0 Å². The van der Waals surface area contributed by atoms with Crippen LogP contribution in [0.1, 0.15) is 36.9 Å². The van der Waals surface area contributed by atoms with Gasteiger partial charge < -0.3 is 0 Å². The standard InChI is InChI=1S/C8H10N2/c1-5-6(2)8-7(5)3-9-4-10-8/h3-6H,1-2H3. The first-order valence-corrected chi connectivity index (χ1v) is 3.60. The average Bonchev–Trinajstić information content (AvgIpc) is 2.03. The summed E-state index contributed by atoms with van der Waals surface area (Å²) in [5.74, 6) is 1.30. The van der Waals surface area contributed by atoms with Crippen molar-refractivity contribution in [3.8, 4) is 0 Å². The third-order valence-corrected chi connectivity index (χ3v) is 2.44. The van der Waals surface area contributed by atoms with E-state index in [1.807, 2.05) is 6.20 Å². The van der Waals surface area contributed by atoms with E-state index in [4.69, 9.17) is 0 Å². The van der Waals surface area contributed by atoms with Crippen LogP contribution in [-0.4, -0.2) is 9.97 Å². The molecule has 2 unspecified atom stereocenters. The molecular weight excluding hydrogens is 124 g/mol. The van der Waals surface area contributed by atoms with Crippen LogP contribution in [0.15, 0.2) is 12.5 Å². The first-order valence-electron chi connectivity index (χ1n) is 3.60. The van der Waals surface area contributed by atoms with Gasteiger partial charge in [-0.15, -0.1) is 0 Å². The maximum atomic E-state index is 4.19. The van der Waals surface area contributed by atoms with Crippen molar-refractivity contribution in [1.29, 1.82) is 0 Å². The summed E-state index contributed by atoms with van der Waals surface area (Å²) in [7, 11) is 0. The Morgan fingerprint density at radius 2 is 2.10 bits per heavy atom. The number of nitrogens with zero attached hydrogens (tertiary/aromatic N) is 2. The van der Waals surface area contributed by atoms with E-state index in [2.05, 4.69) is 23.8 Å². The molecule has 0 aliphatic heterocycles. The second-order valence-electron chi connectivity index (χ2n) is 2.94. The Balaban J connectivity index is 2.50. The topological polar surface area (TPSA) is 25.8 Å². The molecule has 2 heteroatoms. The average molecular weight is 134 g/mol. The van der Waals surface area contributed by atoms with E-state index in [1.54, 1.807) is 6.33 Å². The van der Waals surface area contributed by atoms with E-state index in [0.717, 1.165) is 0 Å². The molecule has 0 aromatic carbocycles. The summed E-state index contributed by atoms with van der Waals surface area (Å²) in [5.41, 5.74) is 2.57. The number of rotatable bonds is 0. The maximum absolute atomic E-state index is 4.19. The van der Waals surface area contributed by atoms with Gasteiger partial charge in [0.1, 0.15) is 6.33 Å². The molecule has 2 nitrogen and oxygen atoms in total. The molecule has 1 aromatic rings. The van der Waals surface area contributed by atoms with Gasteiger partial charge in [-0.25, -0.2) is 9.97 Å². The molecule has 0 bridgehead atoms. The predicted molar refractivity (Wildman–Crippen MR) is 38.9 cm³/mol. The zero-order valence-corrected chi connectivity index (χ0v) is 6.20. The molecule has 52 valence electrons. The maximum Gasteiger partial charge on any atom is 0.115 e. The van der Waals surface area contributed by atoms with Gasteiger partial charge in [-0.05, 0) is 11.5 Å². The van der Waals surface area contributed by atoms with Crippen molar-refractivity contribution in [2.45, 2.75) is 25.7 Å². The smallest absolute Gasteiger partial charge is 0.115 e. The van der Waals surface area contributed by atoms with E-state index in [9.17, 15) is 0 Å². The number of aromatic nitrogens is 2. The molecule has 1 aromatic heterocycles. The van der Waals surface area contributed by atoms with Gasteiger partial charge >= 0.3 is 0 Å². The molecule has 10 heavy (non-hydrogen) atoms. The Bertz CT molecular complexity index is 230. The van der Waals surface area contributed by atoms with Crippen molar-refractivity contribution in [3.05, 3.63) is 23.8 Å². The third-order valence-electron chi connectivity index (χ3n) is 2.44. The Morgan fingerprint density at radius 1 is 1.30 bits per heavy atom. The first kappa shape index (κ1) is 5.83. The lowest BCUT2D eigenvalue weighted by atomic mass is 9.74. The monoisotopic (exact) mass is 134 g/mol. The quantitative estimate of drug-likeness (QED) is 0.539. The fourth-order valence-corrected chi connectivity index (χ4v) is 1.49. The van der Waals surface area contributed by atoms with Crippen molar-refractivity contribution < 1.29 is 0 Å². The lowest BCUT2D eigenvalue weighted by Crippen LogP contribution is -2.21. The molecule has 2 rings (SSSR count). The number of hydrogen-bond acceptors (Lipinski definition) is 2. The van der Waals surface area contributed by atoms with Crippen LogP contribution in [0.25, 0.3) is 0 Å². The highest BCUT2D eigenvalue weighted by molar-refractivity contribution is 5.36. The van der Waals surface area contributed by atoms with Crippen LogP contribution in [0, 0.1) is 0 Å². The zero-order chi connectivity index (χ0) is 7.14. The summed E-state index contributed by atoms with van der Waals surface area (Å²) in [4.78, 5) is 8.16. The molecular formula is C8H10N2. The highest BCUT2D eigenvalue weighted by Gasteiger charge is 2.31.